The second-order valence-electron chi connectivity index (χ2n) is 3.75. The number of nitrogens with one attached hydrogen (secondary N) is 1. The van der Waals surface area contributed by atoms with Crippen LogP contribution in [0.5, 0.6) is 0 Å². The standard InChI is InChI=1S/C10H14N4O5S/c1-3-19-10(16)6(5-20)11-9(15)8-7(14(17)18)4-13(2)12-8/h4,6,20H,3,5H2,1-2H3,(H,11,15)/t6-/m0/s1. The van der Waals surface area contributed by atoms with E-state index in [9.17, 15) is 19.7 Å². The van der Waals surface area contributed by atoms with Crippen LogP contribution in [0.4, 0.5) is 5.69 Å². The lowest BCUT2D eigenvalue weighted by molar-refractivity contribution is -0.385. The quantitative estimate of drug-likeness (QED) is 0.328. The Bertz CT molecular complexity index is 530. The molecule has 0 radical (unpaired) electrons. The number of carbonyl (C=O) groups is 2. The first kappa shape index (κ1) is 16.0. The average molecular weight is 302 g/mol. The van der Waals surface area contributed by atoms with E-state index in [0.29, 0.717) is 0 Å². The molecule has 1 N–H and O–H groups in total. The zero-order chi connectivity index (χ0) is 15.3. The Hall–Kier alpha value is -2.10. The van der Waals surface area contributed by atoms with Crippen molar-refractivity contribution in [3.8, 4) is 0 Å². The zero-order valence-corrected chi connectivity index (χ0v) is 11.8. The first-order valence-electron chi connectivity index (χ1n) is 5.67. The molecule has 9 nitrogen and oxygen atoms in total. The molecule has 0 aliphatic rings. The fourth-order valence-corrected chi connectivity index (χ4v) is 1.66. The molecule has 0 aliphatic heterocycles. The Morgan fingerprint density at radius 1 is 1.65 bits per heavy atom. The average Bonchev–Trinajstić information content (AvgIpc) is 2.78. The van der Waals surface area contributed by atoms with Gasteiger partial charge in [-0.15, -0.1) is 0 Å². The third-order valence-corrected chi connectivity index (χ3v) is 2.65. The summed E-state index contributed by atoms with van der Waals surface area (Å²) in [5, 5.41) is 16.8. The molecule has 0 unspecified atom stereocenters. The van der Waals surface area contributed by atoms with Crippen LogP contribution in [0.3, 0.4) is 0 Å². The summed E-state index contributed by atoms with van der Waals surface area (Å²) in [7, 11) is 1.45. The van der Waals surface area contributed by atoms with Crippen molar-refractivity contribution in [1.82, 2.24) is 15.1 Å². The molecular weight excluding hydrogens is 288 g/mol. The number of amides is 1. The second kappa shape index (κ2) is 6.89. The van der Waals surface area contributed by atoms with Gasteiger partial charge in [0, 0.05) is 12.8 Å². The minimum atomic E-state index is -0.993. The smallest absolute Gasteiger partial charge is 0.329 e. The molecule has 110 valence electrons. The van der Waals surface area contributed by atoms with Gasteiger partial charge in [-0.2, -0.15) is 17.7 Å². The number of rotatable bonds is 6. The molecule has 0 aromatic carbocycles. The van der Waals surface area contributed by atoms with Gasteiger partial charge < -0.3 is 10.1 Å². The van der Waals surface area contributed by atoms with Crippen molar-refractivity contribution in [3.05, 3.63) is 22.0 Å². The zero-order valence-electron chi connectivity index (χ0n) is 10.9. The predicted molar refractivity (Wildman–Crippen MR) is 71.6 cm³/mol. The van der Waals surface area contributed by atoms with Crippen LogP contribution >= 0.6 is 12.6 Å². The fraction of sp³-hybridized carbons (Fsp3) is 0.500. The largest absolute Gasteiger partial charge is 0.464 e. The monoisotopic (exact) mass is 302 g/mol. The van der Waals surface area contributed by atoms with E-state index in [1.54, 1.807) is 6.92 Å². The number of hydrogen-bond donors (Lipinski definition) is 2. The van der Waals surface area contributed by atoms with Crippen molar-refractivity contribution in [3.63, 3.8) is 0 Å². The molecule has 1 rings (SSSR count). The molecule has 1 atom stereocenters. The number of hydrogen-bond acceptors (Lipinski definition) is 7. The van der Waals surface area contributed by atoms with E-state index in [1.165, 1.54) is 7.05 Å². The van der Waals surface area contributed by atoms with Gasteiger partial charge >= 0.3 is 11.7 Å². The number of thiol groups is 1. The summed E-state index contributed by atoms with van der Waals surface area (Å²) < 4.78 is 5.90. The lowest BCUT2D eigenvalue weighted by Crippen LogP contribution is -2.43. The maximum Gasteiger partial charge on any atom is 0.329 e. The van der Waals surface area contributed by atoms with Crippen LogP contribution in [-0.2, 0) is 16.6 Å². The number of nitro groups is 1. The summed E-state index contributed by atoms with van der Waals surface area (Å²) in [6.45, 7) is 1.78. The topological polar surface area (TPSA) is 116 Å². The normalized spacial score (nSPS) is 11.8. The van der Waals surface area contributed by atoms with Crippen LogP contribution in [0, 0.1) is 10.1 Å². The molecule has 1 aromatic rings. The maximum absolute atomic E-state index is 11.9. The van der Waals surface area contributed by atoms with Gasteiger partial charge in [0.15, 0.2) is 0 Å². The van der Waals surface area contributed by atoms with Gasteiger partial charge in [-0.1, -0.05) is 0 Å². The Balaban J connectivity index is 2.90. The third kappa shape index (κ3) is 3.70. The molecule has 0 aliphatic carbocycles. The van der Waals surface area contributed by atoms with Crippen LogP contribution < -0.4 is 5.32 Å². The van der Waals surface area contributed by atoms with Gasteiger partial charge in [0.2, 0.25) is 5.69 Å². The summed E-state index contributed by atoms with van der Waals surface area (Å²) in [5.41, 5.74) is -0.805. The van der Waals surface area contributed by atoms with Crippen molar-refractivity contribution in [2.24, 2.45) is 7.05 Å². The Kier molecular flexibility index (Phi) is 5.50. The van der Waals surface area contributed by atoms with Gasteiger partial charge in [0.25, 0.3) is 5.91 Å². The Labute approximate surface area is 119 Å². The predicted octanol–water partition coefficient (Wildman–Crippen LogP) is -0.0804. The van der Waals surface area contributed by atoms with E-state index in [0.717, 1.165) is 10.9 Å². The van der Waals surface area contributed by atoms with Crippen LogP contribution in [0.25, 0.3) is 0 Å². The van der Waals surface area contributed by atoms with Crippen LogP contribution in [0.2, 0.25) is 0 Å². The molecule has 1 heterocycles. The van der Waals surface area contributed by atoms with Crippen molar-refractivity contribution in [2.45, 2.75) is 13.0 Å². The van der Waals surface area contributed by atoms with Crippen LogP contribution in [0.1, 0.15) is 17.4 Å². The first-order chi connectivity index (χ1) is 9.40. The number of carbonyl (C=O) groups excluding carboxylic acids is 2. The van der Waals surface area contributed by atoms with Crippen LogP contribution in [0.15, 0.2) is 6.20 Å². The molecule has 0 fully saturated rings. The van der Waals surface area contributed by atoms with Crippen molar-refractivity contribution >= 4 is 30.2 Å². The van der Waals surface area contributed by atoms with E-state index < -0.39 is 28.5 Å². The molecule has 0 spiro atoms. The molecule has 10 heteroatoms. The summed E-state index contributed by atoms with van der Waals surface area (Å²) in [6.07, 6.45) is 1.11. The summed E-state index contributed by atoms with van der Waals surface area (Å²) >= 11 is 3.93. The number of nitrogens with zero attached hydrogens (tertiary/aromatic N) is 3. The number of ether oxygens (including phenoxy) is 1. The molecule has 0 saturated carbocycles. The molecule has 0 saturated heterocycles. The van der Waals surface area contributed by atoms with Crippen molar-refractivity contribution < 1.29 is 19.2 Å². The van der Waals surface area contributed by atoms with Crippen molar-refractivity contribution in [1.29, 1.82) is 0 Å². The number of esters is 1. The highest BCUT2D eigenvalue weighted by atomic mass is 32.1. The van der Waals surface area contributed by atoms with Gasteiger partial charge in [0.05, 0.1) is 11.5 Å². The lowest BCUT2D eigenvalue weighted by Gasteiger charge is -2.13. The summed E-state index contributed by atoms with van der Waals surface area (Å²) in [6, 6.07) is -0.993. The lowest BCUT2D eigenvalue weighted by atomic mass is 10.3. The Morgan fingerprint density at radius 2 is 2.30 bits per heavy atom. The van der Waals surface area contributed by atoms with Crippen LogP contribution in [-0.4, -0.2) is 45.0 Å². The highest BCUT2D eigenvalue weighted by molar-refractivity contribution is 7.80. The molecule has 20 heavy (non-hydrogen) atoms. The molecule has 1 amide bonds. The van der Waals surface area contributed by atoms with Gasteiger partial charge in [-0.05, 0) is 6.92 Å². The minimum Gasteiger partial charge on any atom is -0.464 e. The summed E-state index contributed by atoms with van der Waals surface area (Å²) in [5.74, 6) is -1.48. The minimum absolute atomic E-state index is 0.00516. The highest BCUT2D eigenvalue weighted by Gasteiger charge is 2.28. The SMILES string of the molecule is CCOC(=O)[C@H](CS)NC(=O)c1nn(C)cc1[N+](=O)[O-]. The molecule has 1 aromatic heterocycles. The van der Waals surface area contributed by atoms with Gasteiger partial charge in [-0.3, -0.25) is 19.6 Å². The van der Waals surface area contributed by atoms with E-state index in [1.807, 2.05) is 0 Å². The van der Waals surface area contributed by atoms with E-state index in [2.05, 4.69) is 23.0 Å². The van der Waals surface area contributed by atoms with Gasteiger partial charge in [0.1, 0.15) is 12.2 Å². The second-order valence-corrected chi connectivity index (χ2v) is 4.12. The van der Waals surface area contributed by atoms with E-state index in [4.69, 9.17) is 4.74 Å². The fourth-order valence-electron chi connectivity index (χ4n) is 1.42. The van der Waals surface area contributed by atoms with Gasteiger partial charge in [-0.25, -0.2) is 4.79 Å². The maximum atomic E-state index is 11.9. The molecule has 0 bridgehead atoms. The molecular formula is C10H14N4O5S. The third-order valence-electron chi connectivity index (χ3n) is 2.28. The van der Waals surface area contributed by atoms with E-state index in [-0.39, 0.29) is 18.1 Å². The number of aromatic nitrogens is 2. The number of aryl methyl sites for hydroxylation is 1. The highest BCUT2D eigenvalue weighted by Crippen LogP contribution is 2.16. The first-order valence-corrected chi connectivity index (χ1v) is 6.30. The summed E-state index contributed by atoms with van der Waals surface area (Å²) in [4.78, 5) is 33.5. The van der Waals surface area contributed by atoms with E-state index >= 15 is 0 Å². The Morgan fingerprint density at radius 3 is 2.80 bits per heavy atom. The van der Waals surface area contributed by atoms with Crippen molar-refractivity contribution in [2.75, 3.05) is 12.4 Å².